The fraction of sp³-hybridized carbons (Fsp3) is 0.278. The Balaban J connectivity index is 1.68. The molecular formula is C18H20N2O5S. The van der Waals surface area contributed by atoms with Gasteiger partial charge < -0.3 is 14.4 Å². The molecule has 0 unspecified atom stereocenters. The van der Waals surface area contributed by atoms with Gasteiger partial charge in [0.15, 0.2) is 11.5 Å². The number of benzene rings is 2. The van der Waals surface area contributed by atoms with Crippen molar-refractivity contribution in [3.63, 3.8) is 0 Å². The van der Waals surface area contributed by atoms with Crippen molar-refractivity contribution in [2.24, 2.45) is 0 Å². The molecular weight excluding hydrogens is 356 g/mol. The molecule has 0 radical (unpaired) electrons. The Morgan fingerprint density at radius 1 is 1.12 bits per heavy atom. The number of sulfonamides is 1. The number of carbonyl (C=O) groups is 1. The third-order valence-electron chi connectivity index (χ3n) is 4.01. The van der Waals surface area contributed by atoms with Crippen molar-refractivity contribution in [1.29, 1.82) is 0 Å². The van der Waals surface area contributed by atoms with Crippen molar-refractivity contribution < 1.29 is 22.7 Å². The zero-order valence-electron chi connectivity index (χ0n) is 14.6. The lowest BCUT2D eigenvalue weighted by molar-refractivity contribution is -0.116. The standard InChI is InChI=1S/C18H20N2O5S/c1-13-3-6-16(7-4-13)26(22,23)19-9-10-20(14(2)21)15-5-8-17-18(11-15)25-12-24-17/h3-8,11,19H,9-10,12H2,1-2H3. The maximum Gasteiger partial charge on any atom is 0.240 e. The highest BCUT2D eigenvalue weighted by molar-refractivity contribution is 7.89. The van der Waals surface area contributed by atoms with E-state index >= 15 is 0 Å². The van der Waals surface area contributed by atoms with Crippen LogP contribution >= 0.6 is 0 Å². The predicted molar refractivity (Wildman–Crippen MR) is 97.0 cm³/mol. The number of amides is 1. The Kier molecular flexibility index (Phi) is 5.15. The second-order valence-corrected chi connectivity index (χ2v) is 7.69. The molecule has 1 aliphatic rings. The number of aryl methyl sites for hydroxylation is 1. The first-order chi connectivity index (χ1) is 12.4. The van der Waals surface area contributed by atoms with Crippen molar-refractivity contribution in [2.75, 3.05) is 24.8 Å². The summed E-state index contributed by atoms with van der Waals surface area (Å²) in [6.45, 7) is 3.75. The summed E-state index contributed by atoms with van der Waals surface area (Å²) in [5.74, 6) is 0.990. The van der Waals surface area contributed by atoms with Crippen LogP contribution in [0.4, 0.5) is 5.69 Å². The number of anilines is 1. The molecule has 2 aromatic carbocycles. The number of ether oxygens (including phenoxy) is 2. The number of hydrogen-bond acceptors (Lipinski definition) is 5. The van der Waals surface area contributed by atoms with Gasteiger partial charge >= 0.3 is 0 Å². The molecule has 1 N–H and O–H groups in total. The molecule has 8 heteroatoms. The molecule has 0 spiro atoms. The van der Waals surface area contributed by atoms with E-state index in [1.54, 1.807) is 42.5 Å². The highest BCUT2D eigenvalue weighted by atomic mass is 32.2. The molecule has 0 aromatic heterocycles. The Morgan fingerprint density at radius 2 is 1.81 bits per heavy atom. The van der Waals surface area contributed by atoms with Gasteiger partial charge in [-0.15, -0.1) is 0 Å². The summed E-state index contributed by atoms with van der Waals surface area (Å²) >= 11 is 0. The van der Waals surface area contributed by atoms with Gasteiger partial charge in [0, 0.05) is 31.8 Å². The van der Waals surface area contributed by atoms with Crippen LogP contribution in [-0.2, 0) is 14.8 Å². The van der Waals surface area contributed by atoms with Crippen LogP contribution in [0.5, 0.6) is 11.5 Å². The van der Waals surface area contributed by atoms with Gasteiger partial charge in [-0.2, -0.15) is 0 Å². The zero-order valence-corrected chi connectivity index (χ0v) is 15.4. The predicted octanol–water partition coefficient (Wildman–Crippen LogP) is 2.06. The molecule has 0 bridgehead atoms. The molecule has 0 fully saturated rings. The smallest absolute Gasteiger partial charge is 0.240 e. The molecule has 3 rings (SSSR count). The molecule has 138 valence electrons. The highest BCUT2D eigenvalue weighted by Gasteiger charge is 2.19. The lowest BCUT2D eigenvalue weighted by Gasteiger charge is -2.21. The van der Waals surface area contributed by atoms with Gasteiger partial charge in [-0.1, -0.05) is 17.7 Å². The summed E-state index contributed by atoms with van der Waals surface area (Å²) in [5.41, 5.74) is 1.60. The van der Waals surface area contributed by atoms with Crippen LogP contribution in [0.1, 0.15) is 12.5 Å². The average Bonchev–Trinajstić information content (AvgIpc) is 3.06. The topological polar surface area (TPSA) is 84.9 Å². The van der Waals surface area contributed by atoms with E-state index < -0.39 is 10.0 Å². The SMILES string of the molecule is CC(=O)N(CCNS(=O)(=O)c1ccc(C)cc1)c1ccc2c(c1)OCO2. The number of fused-ring (bicyclic) bond motifs is 1. The molecule has 0 aliphatic carbocycles. The van der Waals surface area contributed by atoms with Gasteiger partial charge in [0.05, 0.1) is 4.90 Å². The molecule has 1 aliphatic heterocycles. The molecule has 0 saturated carbocycles. The van der Waals surface area contributed by atoms with Gasteiger partial charge in [0.25, 0.3) is 0 Å². The van der Waals surface area contributed by atoms with E-state index in [9.17, 15) is 13.2 Å². The average molecular weight is 376 g/mol. The number of nitrogens with one attached hydrogen (secondary N) is 1. The van der Waals surface area contributed by atoms with Crippen molar-refractivity contribution in [2.45, 2.75) is 18.7 Å². The Labute approximate surface area is 152 Å². The lowest BCUT2D eigenvalue weighted by atomic mass is 10.2. The highest BCUT2D eigenvalue weighted by Crippen LogP contribution is 2.35. The molecule has 1 heterocycles. The van der Waals surface area contributed by atoms with Crippen molar-refractivity contribution in [3.05, 3.63) is 48.0 Å². The maximum absolute atomic E-state index is 12.3. The van der Waals surface area contributed by atoms with Crippen LogP contribution in [0.3, 0.4) is 0 Å². The Bertz CT molecular complexity index is 910. The summed E-state index contributed by atoms with van der Waals surface area (Å²) in [6.07, 6.45) is 0. The normalized spacial score (nSPS) is 12.8. The number of rotatable bonds is 6. The van der Waals surface area contributed by atoms with Crippen LogP contribution < -0.4 is 19.1 Å². The van der Waals surface area contributed by atoms with E-state index in [1.807, 2.05) is 6.92 Å². The maximum atomic E-state index is 12.3. The molecule has 7 nitrogen and oxygen atoms in total. The van der Waals surface area contributed by atoms with E-state index in [1.165, 1.54) is 11.8 Å². The summed E-state index contributed by atoms with van der Waals surface area (Å²) in [7, 11) is -3.62. The molecule has 26 heavy (non-hydrogen) atoms. The van der Waals surface area contributed by atoms with Crippen molar-refractivity contribution >= 4 is 21.6 Å². The van der Waals surface area contributed by atoms with Crippen LogP contribution in [0, 0.1) is 6.92 Å². The van der Waals surface area contributed by atoms with Gasteiger partial charge in [-0.05, 0) is 31.2 Å². The van der Waals surface area contributed by atoms with Crippen LogP contribution in [-0.4, -0.2) is 34.2 Å². The first kappa shape index (κ1) is 18.2. The summed E-state index contributed by atoms with van der Waals surface area (Å²) in [4.78, 5) is 13.7. The van der Waals surface area contributed by atoms with Crippen LogP contribution in [0.25, 0.3) is 0 Å². The fourth-order valence-corrected chi connectivity index (χ4v) is 3.64. The van der Waals surface area contributed by atoms with E-state index in [0.29, 0.717) is 17.2 Å². The van der Waals surface area contributed by atoms with Gasteiger partial charge in [-0.3, -0.25) is 4.79 Å². The quantitative estimate of drug-likeness (QED) is 0.834. The molecule has 0 atom stereocenters. The van der Waals surface area contributed by atoms with Gasteiger partial charge in [0.1, 0.15) is 0 Å². The Hall–Kier alpha value is -2.58. The Morgan fingerprint density at radius 3 is 2.50 bits per heavy atom. The minimum absolute atomic E-state index is 0.0875. The number of carbonyl (C=O) groups excluding carboxylic acids is 1. The second-order valence-electron chi connectivity index (χ2n) is 5.92. The largest absolute Gasteiger partial charge is 0.454 e. The van der Waals surface area contributed by atoms with E-state index in [4.69, 9.17) is 9.47 Å². The third-order valence-corrected chi connectivity index (χ3v) is 5.48. The second kappa shape index (κ2) is 7.35. The zero-order chi connectivity index (χ0) is 18.7. The van der Waals surface area contributed by atoms with E-state index in [0.717, 1.165) is 5.56 Å². The summed E-state index contributed by atoms with van der Waals surface area (Å²) < 4.78 is 37.8. The van der Waals surface area contributed by atoms with E-state index in [2.05, 4.69) is 4.72 Å². The molecule has 2 aromatic rings. The molecule has 0 saturated heterocycles. The minimum atomic E-state index is -3.62. The monoisotopic (exact) mass is 376 g/mol. The van der Waals surface area contributed by atoms with Gasteiger partial charge in [-0.25, -0.2) is 13.1 Å². The van der Waals surface area contributed by atoms with E-state index in [-0.39, 0.29) is 30.7 Å². The molecule has 1 amide bonds. The first-order valence-electron chi connectivity index (χ1n) is 8.11. The lowest BCUT2D eigenvalue weighted by Crippen LogP contribution is -2.37. The van der Waals surface area contributed by atoms with Crippen molar-refractivity contribution in [1.82, 2.24) is 4.72 Å². The van der Waals surface area contributed by atoms with Crippen LogP contribution in [0.2, 0.25) is 0 Å². The minimum Gasteiger partial charge on any atom is -0.454 e. The third kappa shape index (κ3) is 3.97. The summed E-state index contributed by atoms with van der Waals surface area (Å²) in [5, 5.41) is 0. The number of nitrogens with zero attached hydrogens (tertiary/aromatic N) is 1. The first-order valence-corrected chi connectivity index (χ1v) is 9.59. The van der Waals surface area contributed by atoms with Crippen LogP contribution in [0.15, 0.2) is 47.4 Å². The summed E-state index contributed by atoms with van der Waals surface area (Å²) in [6, 6.07) is 11.8. The van der Waals surface area contributed by atoms with Gasteiger partial charge in [0.2, 0.25) is 22.7 Å². The van der Waals surface area contributed by atoms with Crippen molar-refractivity contribution in [3.8, 4) is 11.5 Å². The fourth-order valence-electron chi connectivity index (χ4n) is 2.61. The number of hydrogen-bond donors (Lipinski definition) is 1.